The van der Waals surface area contributed by atoms with Gasteiger partial charge in [0, 0.05) is 6.42 Å². The number of allylic oxidation sites excluding steroid dienone is 2. The number of carbonyl (C=O) groups is 1. The van der Waals surface area contributed by atoms with Gasteiger partial charge in [-0.2, -0.15) is 0 Å². The van der Waals surface area contributed by atoms with Crippen molar-refractivity contribution in [1.82, 2.24) is 5.32 Å². The zero-order chi connectivity index (χ0) is 21.6. The lowest BCUT2D eigenvalue weighted by Gasteiger charge is -2.22. The van der Waals surface area contributed by atoms with Gasteiger partial charge in [-0.15, -0.1) is 0 Å². The van der Waals surface area contributed by atoms with Crippen LogP contribution in [0.3, 0.4) is 0 Å². The Bertz CT molecular complexity index is 384. The number of aliphatic hydroxyl groups excluding tert-OH is 2. The van der Waals surface area contributed by atoms with Crippen LogP contribution in [0.5, 0.6) is 0 Å². The number of amides is 1. The lowest BCUT2D eigenvalue weighted by molar-refractivity contribution is -0.123. The minimum absolute atomic E-state index is 0.0510. The second-order valence-electron chi connectivity index (χ2n) is 8.40. The van der Waals surface area contributed by atoms with Crippen molar-refractivity contribution < 1.29 is 15.0 Å². The van der Waals surface area contributed by atoms with Gasteiger partial charge in [0.2, 0.25) is 5.91 Å². The van der Waals surface area contributed by atoms with Crippen LogP contribution in [0.15, 0.2) is 12.2 Å². The highest BCUT2D eigenvalue weighted by molar-refractivity contribution is 5.76. The van der Waals surface area contributed by atoms with Crippen molar-refractivity contribution in [1.29, 1.82) is 0 Å². The highest BCUT2D eigenvalue weighted by Crippen LogP contribution is 2.12. The van der Waals surface area contributed by atoms with Crippen LogP contribution in [0.1, 0.15) is 123 Å². The molecular formula is C25H49NO3. The fourth-order valence-corrected chi connectivity index (χ4v) is 3.51. The topological polar surface area (TPSA) is 69.6 Å². The molecule has 0 rings (SSSR count). The van der Waals surface area contributed by atoms with E-state index in [2.05, 4.69) is 31.3 Å². The maximum Gasteiger partial charge on any atom is 0.220 e. The van der Waals surface area contributed by atoms with E-state index in [1.807, 2.05) is 0 Å². The van der Waals surface area contributed by atoms with Gasteiger partial charge in [-0.3, -0.25) is 4.79 Å². The zero-order valence-electron chi connectivity index (χ0n) is 19.3. The van der Waals surface area contributed by atoms with Crippen LogP contribution in [-0.4, -0.2) is 34.9 Å². The van der Waals surface area contributed by atoms with Crippen molar-refractivity contribution in [3.63, 3.8) is 0 Å². The van der Waals surface area contributed by atoms with E-state index in [-0.39, 0.29) is 12.5 Å². The molecule has 172 valence electrons. The third-order valence-electron chi connectivity index (χ3n) is 5.53. The second kappa shape index (κ2) is 21.8. The quantitative estimate of drug-likeness (QED) is 0.159. The third kappa shape index (κ3) is 18.9. The maximum atomic E-state index is 12.1. The molecule has 0 spiro atoms. The molecule has 0 saturated carbocycles. The first kappa shape index (κ1) is 28.1. The molecule has 0 heterocycles. The third-order valence-corrected chi connectivity index (χ3v) is 5.53. The van der Waals surface area contributed by atoms with Crippen molar-refractivity contribution in [3.05, 3.63) is 12.2 Å². The average molecular weight is 412 g/mol. The molecule has 0 aromatic carbocycles. The van der Waals surface area contributed by atoms with Gasteiger partial charge in [-0.05, 0) is 32.1 Å². The smallest absolute Gasteiger partial charge is 0.220 e. The molecule has 3 N–H and O–H groups in total. The molecule has 0 aliphatic rings. The van der Waals surface area contributed by atoms with E-state index >= 15 is 0 Å². The summed E-state index contributed by atoms with van der Waals surface area (Å²) >= 11 is 0. The number of unbranched alkanes of at least 4 members (excludes halogenated alkanes) is 12. The standard InChI is InChI=1S/C25H49NO3/c1-3-5-7-9-11-12-13-14-15-17-19-21-25(29)26-23(22-27)24(28)20-18-16-10-8-6-4-2/h9,11,23-24,27-28H,3-8,10,12-22H2,1-2H3,(H,26,29)/b11-9-. The van der Waals surface area contributed by atoms with E-state index < -0.39 is 12.1 Å². The predicted molar refractivity (Wildman–Crippen MR) is 124 cm³/mol. The fourth-order valence-electron chi connectivity index (χ4n) is 3.51. The average Bonchev–Trinajstić information content (AvgIpc) is 2.72. The second-order valence-corrected chi connectivity index (χ2v) is 8.40. The molecular weight excluding hydrogens is 362 g/mol. The Morgan fingerprint density at radius 1 is 0.793 bits per heavy atom. The summed E-state index contributed by atoms with van der Waals surface area (Å²) in [4.78, 5) is 12.1. The summed E-state index contributed by atoms with van der Waals surface area (Å²) in [6.45, 7) is 4.22. The largest absolute Gasteiger partial charge is 0.394 e. The number of rotatable bonds is 21. The molecule has 2 unspecified atom stereocenters. The molecule has 0 radical (unpaired) electrons. The van der Waals surface area contributed by atoms with Gasteiger partial charge in [0.1, 0.15) is 0 Å². The SMILES string of the molecule is CCCC/C=C\CCCCCCCC(=O)NC(CO)C(O)CCCCCCCC. The van der Waals surface area contributed by atoms with E-state index in [0.29, 0.717) is 12.8 Å². The Labute approximate surface area is 180 Å². The summed E-state index contributed by atoms with van der Waals surface area (Å²) in [6, 6.07) is -0.530. The van der Waals surface area contributed by atoms with Crippen LogP contribution in [0.25, 0.3) is 0 Å². The number of carbonyl (C=O) groups excluding carboxylic acids is 1. The number of hydrogen-bond donors (Lipinski definition) is 3. The van der Waals surface area contributed by atoms with Crippen LogP contribution >= 0.6 is 0 Å². The van der Waals surface area contributed by atoms with Crippen molar-refractivity contribution >= 4 is 5.91 Å². The molecule has 0 aromatic rings. The molecule has 1 amide bonds. The Balaban J connectivity index is 3.67. The fraction of sp³-hybridized carbons (Fsp3) is 0.880. The molecule has 0 bridgehead atoms. The summed E-state index contributed by atoms with van der Waals surface area (Å²) in [5.41, 5.74) is 0. The van der Waals surface area contributed by atoms with E-state index in [0.717, 1.165) is 25.7 Å². The Kier molecular flexibility index (Phi) is 21.2. The normalized spacial score (nSPS) is 13.7. The maximum absolute atomic E-state index is 12.1. The van der Waals surface area contributed by atoms with Crippen molar-refractivity contribution in [2.45, 2.75) is 135 Å². The summed E-state index contributed by atoms with van der Waals surface area (Å²) in [6.07, 6.45) is 22.6. The van der Waals surface area contributed by atoms with Gasteiger partial charge < -0.3 is 15.5 Å². The lowest BCUT2D eigenvalue weighted by atomic mass is 10.0. The van der Waals surface area contributed by atoms with Gasteiger partial charge in [0.15, 0.2) is 0 Å². The summed E-state index contributed by atoms with van der Waals surface area (Å²) in [5, 5.41) is 22.6. The molecule has 0 fully saturated rings. The van der Waals surface area contributed by atoms with Crippen LogP contribution in [0.2, 0.25) is 0 Å². The van der Waals surface area contributed by atoms with Crippen LogP contribution in [0, 0.1) is 0 Å². The molecule has 0 saturated heterocycles. The van der Waals surface area contributed by atoms with Gasteiger partial charge in [0.05, 0.1) is 18.8 Å². The molecule has 0 aliphatic heterocycles. The van der Waals surface area contributed by atoms with Crippen molar-refractivity contribution in [3.8, 4) is 0 Å². The summed E-state index contributed by atoms with van der Waals surface area (Å²) in [7, 11) is 0. The van der Waals surface area contributed by atoms with E-state index in [4.69, 9.17) is 0 Å². The highest BCUT2D eigenvalue weighted by atomic mass is 16.3. The first-order valence-corrected chi connectivity index (χ1v) is 12.4. The summed E-state index contributed by atoms with van der Waals surface area (Å²) < 4.78 is 0. The van der Waals surface area contributed by atoms with Gasteiger partial charge in [-0.1, -0.05) is 96.6 Å². The van der Waals surface area contributed by atoms with Crippen LogP contribution < -0.4 is 5.32 Å². The molecule has 0 aliphatic carbocycles. The molecule has 4 heteroatoms. The Morgan fingerprint density at radius 2 is 1.34 bits per heavy atom. The lowest BCUT2D eigenvalue weighted by Crippen LogP contribution is -2.45. The van der Waals surface area contributed by atoms with Gasteiger partial charge in [0.25, 0.3) is 0 Å². The molecule has 2 atom stereocenters. The minimum Gasteiger partial charge on any atom is -0.394 e. The monoisotopic (exact) mass is 411 g/mol. The Morgan fingerprint density at radius 3 is 2.00 bits per heavy atom. The number of aliphatic hydroxyl groups is 2. The number of hydrogen-bond acceptors (Lipinski definition) is 3. The molecule has 29 heavy (non-hydrogen) atoms. The predicted octanol–water partition coefficient (Wildman–Crippen LogP) is 6.05. The van der Waals surface area contributed by atoms with E-state index in [1.54, 1.807) is 0 Å². The first-order chi connectivity index (χ1) is 14.2. The number of nitrogens with one attached hydrogen (secondary N) is 1. The van der Waals surface area contributed by atoms with E-state index in [1.165, 1.54) is 70.6 Å². The highest BCUT2D eigenvalue weighted by Gasteiger charge is 2.19. The van der Waals surface area contributed by atoms with Crippen molar-refractivity contribution in [2.75, 3.05) is 6.61 Å². The molecule has 0 aromatic heterocycles. The van der Waals surface area contributed by atoms with Gasteiger partial charge in [-0.25, -0.2) is 0 Å². The van der Waals surface area contributed by atoms with Crippen LogP contribution in [0.4, 0.5) is 0 Å². The first-order valence-electron chi connectivity index (χ1n) is 12.4. The van der Waals surface area contributed by atoms with E-state index in [9.17, 15) is 15.0 Å². The van der Waals surface area contributed by atoms with Crippen molar-refractivity contribution in [2.24, 2.45) is 0 Å². The Hall–Kier alpha value is -0.870. The van der Waals surface area contributed by atoms with Crippen LogP contribution in [-0.2, 0) is 4.79 Å². The minimum atomic E-state index is -0.652. The summed E-state index contributed by atoms with van der Waals surface area (Å²) in [5.74, 6) is -0.0510. The zero-order valence-corrected chi connectivity index (χ0v) is 19.3. The van der Waals surface area contributed by atoms with Gasteiger partial charge >= 0.3 is 0 Å². The molecule has 4 nitrogen and oxygen atoms in total.